The second-order valence-electron chi connectivity index (χ2n) is 6.53. The molecule has 0 atom stereocenters. The topological polar surface area (TPSA) is 84.5 Å². The molecule has 0 aliphatic rings. The fourth-order valence-electron chi connectivity index (χ4n) is 2.62. The molecule has 1 heterocycles. The Bertz CT molecular complexity index is 871. The van der Waals surface area contributed by atoms with Crippen LogP contribution in [0.15, 0.2) is 24.3 Å². The van der Waals surface area contributed by atoms with Crippen LogP contribution in [0.3, 0.4) is 0 Å². The first-order valence-electron chi connectivity index (χ1n) is 8.64. The lowest BCUT2D eigenvalue weighted by atomic mass is 10.0. The maximum absolute atomic E-state index is 12.5. The smallest absolute Gasteiger partial charge is 0.341 e. The first kappa shape index (κ1) is 20.6. The third-order valence-corrected chi connectivity index (χ3v) is 5.19. The van der Waals surface area contributed by atoms with E-state index in [1.54, 1.807) is 6.92 Å². The molecular weight excluding hydrogens is 364 g/mol. The van der Waals surface area contributed by atoms with Crippen molar-refractivity contribution in [2.75, 3.05) is 17.2 Å². The van der Waals surface area contributed by atoms with Gasteiger partial charge in [0.1, 0.15) is 5.00 Å². The summed E-state index contributed by atoms with van der Waals surface area (Å²) in [7, 11) is 0. The highest BCUT2D eigenvalue weighted by atomic mass is 32.1. The van der Waals surface area contributed by atoms with E-state index in [2.05, 4.69) is 10.6 Å². The summed E-state index contributed by atoms with van der Waals surface area (Å²) < 4.78 is 5.18. The maximum Gasteiger partial charge on any atom is 0.341 e. The fourth-order valence-corrected chi connectivity index (χ4v) is 3.72. The predicted molar refractivity (Wildman–Crippen MR) is 108 cm³/mol. The Hall–Kier alpha value is -2.67. The molecule has 0 aliphatic carbocycles. The molecule has 0 bridgehead atoms. The molecule has 1 aromatic heterocycles. The minimum absolute atomic E-state index is 0.251. The molecule has 2 amide bonds. The van der Waals surface area contributed by atoms with E-state index < -0.39 is 18.5 Å². The number of amides is 2. The molecular formula is C20H24N2O4S. The minimum atomic E-state index is -0.632. The van der Waals surface area contributed by atoms with Gasteiger partial charge in [-0.2, -0.15) is 0 Å². The van der Waals surface area contributed by atoms with Crippen molar-refractivity contribution in [3.63, 3.8) is 0 Å². The molecule has 27 heavy (non-hydrogen) atoms. The van der Waals surface area contributed by atoms with Crippen LogP contribution in [0.2, 0.25) is 0 Å². The van der Waals surface area contributed by atoms with Crippen LogP contribution in [0.4, 0.5) is 10.7 Å². The van der Waals surface area contributed by atoms with Gasteiger partial charge >= 0.3 is 5.97 Å². The summed E-state index contributed by atoms with van der Waals surface area (Å²) >= 11 is 1.31. The Morgan fingerprint density at radius 1 is 1.11 bits per heavy atom. The summed E-state index contributed by atoms with van der Waals surface area (Å²) in [5.41, 5.74) is 2.74. The van der Waals surface area contributed by atoms with E-state index in [-0.39, 0.29) is 11.8 Å². The van der Waals surface area contributed by atoms with Gasteiger partial charge in [0, 0.05) is 17.5 Å². The summed E-state index contributed by atoms with van der Waals surface area (Å²) in [6.07, 6.45) is 0. The summed E-state index contributed by atoms with van der Waals surface area (Å²) in [6, 6.07) is 7.51. The molecule has 0 fully saturated rings. The Morgan fingerprint density at radius 2 is 1.78 bits per heavy atom. The fraction of sp³-hybridized carbons (Fsp3) is 0.350. The van der Waals surface area contributed by atoms with Crippen LogP contribution in [0.25, 0.3) is 0 Å². The quantitative estimate of drug-likeness (QED) is 0.725. The van der Waals surface area contributed by atoms with Gasteiger partial charge < -0.3 is 15.4 Å². The predicted octanol–water partition coefficient (Wildman–Crippen LogP) is 4.24. The third kappa shape index (κ3) is 5.17. The summed E-state index contributed by atoms with van der Waals surface area (Å²) in [5.74, 6) is -1.07. The Balaban J connectivity index is 2.06. The zero-order chi connectivity index (χ0) is 20.1. The lowest BCUT2D eigenvalue weighted by Gasteiger charge is -2.13. The average molecular weight is 388 g/mol. The first-order valence-corrected chi connectivity index (χ1v) is 9.45. The lowest BCUT2D eigenvalue weighted by Crippen LogP contribution is -2.22. The van der Waals surface area contributed by atoms with Crippen LogP contribution in [0.5, 0.6) is 0 Å². The number of rotatable bonds is 6. The van der Waals surface area contributed by atoms with Crippen LogP contribution in [-0.4, -0.2) is 24.4 Å². The number of thiophene rings is 1. The van der Waals surface area contributed by atoms with Gasteiger partial charge in [0.2, 0.25) is 5.91 Å². The molecule has 0 spiro atoms. The number of benzene rings is 1. The Morgan fingerprint density at radius 3 is 2.41 bits per heavy atom. The third-order valence-electron chi connectivity index (χ3n) is 4.07. The maximum atomic E-state index is 12.5. The van der Waals surface area contributed by atoms with E-state index in [4.69, 9.17) is 4.74 Å². The van der Waals surface area contributed by atoms with Crippen molar-refractivity contribution in [2.24, 2.45) is 0 Å². The van der Waals surface area contributed by atoms with Gasteiger partial charge in [0.05, 0.1) is 5.56 Å². The largest absolute Gasteiger partial charge is 0.452 e. The zero-order valence-corrected chi connectivity index (χ0v) is 17.0. The Labute approximate surface area is 162 Å². The van der Waals surface area contributed by atoms with Crippen LogP contribution in [0, 0.1) is 13.8 Å². The molecule has 0 unspecified atom stereocenters. The molecule has 144 valence electrons. The molecule has 0 saturated heterocycles. The highest BCUT2D eigenvalue weighted by molar-refractivity contribution is 7.16. The second-order valence-corrected chi connectivity index (χ2v) is 7.76. The summed E-state index contributed by atoms with van der Waals surface area (Å²) in [4.78, 5) is 36.9. The van der Waals surface area contributed by atoms with Crippen molar-refractivity contribution in [2.45, 2.75) is 40.5 Å². The number of ether oxygens (including phenoxy) is 1. The normalized spacial score (nSPS) is 10.6. The zero-order valence-electron chi connectivity index (χ0n) is 16.1. The molecule has 2 rings (SSSR count). The number of aryl methyl sites for hydroxylation is 1. The highest BCUT2D eigenvalue weighted by Gasteiger charge is 2.22. The van der Waals surface area contributed by atoms with E-state index >= 15 is 0 Å². The van der Waals surface area contributed by atoms with E-state index in [0.29, 0.717) is 16.3 Å². The van der Waals surface area contributed by atoms with E-state index in [1.165, 1.54) is 18.3 Å². The van der Waals surface area contributed by atoms with Crippen molar-refractivity contribution in [1.82, 2.24) is 0 Å². The van der Waals surface area contributed by atoms with E-state index in [1.807, 2.05) is 45.0 Å². The van der Waals surface area contributed by atoms with Crippen molar-refractivity contribution >= 4 is 39.8 Å². The number of hydrogen-bond acceptors (Lipinski definition) is 5. The van der Waals surface area contributed by atoms with E-state index in [9.17, 15) is 14.4 Å². The van der Waals surface area contributed by atoms with Crippen molar-refractivity contribution in [3.8, 4) is 0 Å². The van der Waals surface area contributed by atoms with Gasteiger partial charge in [0.15, 0.2) is 6.61 Å². The molecule has 1 aromatic carbocycles. The number of esters is 1. The SMILES string of the molecule is CC(=O)Nc1sc(C)c(C)c1C(=O)OCC(=O)Nc1ccccc1C(C)C. The van der Waals surface area contributed by atoms with Crippen molar-refractivity contribution < 1.29 is 19.1 Å². The monoisotopic (exact) mass is 388 g/mol. The van der Waals surface area contributed by atoms with Crippen molar-refractivity contribution in [3.05, 3.63) is 45.8 Å². The van der Waals surface area contributed by atoms with Crippen LogP contribution < -0.4 is 10.6 Å². The molecule has 2 aromatic rings. The van der Waals surface area contributed by atoms with E-state index in [0.717, 1.165) is 16.0 Å². The van der Waals surface area contributed by atoms with Crippen LogP contribution >= 0.6 is 11.3 Å². The van der Waals surface area contributed by atoms with Gasteiger partial charge in [-0.25, -0.2) is 4.79 Å². The van der Waals surface area contributed by atoms with Crippen molar-refractivity contribution in [1.29, 1.82) is 0 Å². The standard InChI is InChI=1S/C20H24N2O4S/c1-11(2)15-8-6-7-9-16(15)22-17(24)10-26-20(25)18-12(3)13(4)27-19(18)21-14(5)23/h6-9,11H,10H2,1-5H3,(H,21,23)(H,22,24). The van der Waals surface area contributed by atoms with Crippen LogP contribution in [-0.2, 0) is 14.3 Å². The molecule has 0 saturated carbocycles. The molecule has 7 heteroatoms. The second kappa shape index (κ2) is 8.81. The Kier molecular flexibility index (Phi) is 6.74. The number of hydrogen-bond donors (Lipinski definition) is 2. The molecule has 0 aliphatic heterocycles. The number of carbonyl (C=O) groups excluding carboxylic acids is 3. The average Bonchev–Trinajstić information content (AvgIpc) is 2.86. The van der Waals surface area contributed by atoms with Gasteiger partial charge in [-0.3, -0.25) is 9.59 Å². The van der Waals surface area contributed by atoms with Gasteiger partial charge in [-0.15, -0.1) is 11.3 Å². The van der Waals surface area contributed by atoms with Gasteiger partial charge in [-0.1, -0.05) is 32.0 Å². The summed E-state index contributed by atoms with van der Waals surface area (Å²) in [6.45, 7) is 8.69. The molecule has 2 N–H and O–H groups in total. The summed E-state index contributed by atoms with van der Waals surface area (Å²) in [5, 5.41) is 5.86. The van der Waals surface area contributed by atoms with Gasteiger partial charge in [0.25, 0.3) is 5.91 Å². The molecule has 0 radical (unpaired) electrons. The number of carbonyl (C=O) groups is 3. The number of nitrogens with one attached hydrogen (secondary N) is 2. The minimum Gasteiger partial charge on any atom is -0.452 e. The first-order chi connectivity index (χ1) is 12.7. The number of anilines is 2. The van der Waals surface area contributed by atoms with Crippen LogP contribution in [0.1, 0.15) is 53.1 Å². The highest BCUT2D eigenvalue weighted by Crippen LogP contribution is 2.33. The van der Waals surface area contributed by atoms with Gasteiger partial charge in [-0.05, 0) is 37.0 Å². The lowest BCUT2D eigenvalue weighted by molar-refractivity contribution is -0.119. The molecule has 6 nitrogen and oxygen atoms in total. The number of para-hydroxylation sites is 1.